The van der Waals surface area contributed by atoms with Gasteiger partial charge in [0.05, 0.1) is 0 Å². The first-order valence-electron chi connectivity index (χ1n) is 14.0. The van der Waals surface area contributed by atoms with Crippen molar-refractivity contribution in [2.75, 3.05) is 19.6 Å². The Labute approximate surface area is 239 Å². The second-order valence-electron chi connectivity index (χ2n) is 11.0. The molecule has 0 bridgehead atoms. The van der Waals surface area contributed by atoms with Crippen molar-refractivity contribution >= 4 is 41.1 Å². The van der Waals surface area contributed by atoms with Gasteiger partial charge in [0.2, 0.25) is 5.91 Å². The van der Waals surface area contributed by atoms with Gasteiger partial charge in [0, 0.05) is 53.2 Å². The molecule has 5 rings (SSSR count). The third kappa shape index (κ3) is 6.36. The number of halogens is 2. The van der Waals surface area contributed by atoms with Crippen molar-refractivity contribution in [3.05, 3.63) is 57.6 Å². The average molecular weight is 573 g/mol. The molecule has 9 heteroatoms. The Hall–Kier alpha value is -2.77. The van der Waals surface area contributed by atoms with Gasteiger partial charge in [0.1, 0.15) is 0 Å². The standard InChI is InChI=1S/C30H35Cl2N3O4/c31-26-16-22(17-27(32)25(26)15-21-12-14-35(29(21)37)24-6-2-1-3-7-24)19-8-10-20(11-9-19)28(36)34-13-4-5-23(18-34)33-30(38)39/h8-11,16-17,21,23-24,33H,1-7,12-15,18H2,(H,38,39). The van der Waals surface area contributed by atoms with Crippen LogP contribution < -0.4 is 5.32 Å². The molecule has 3 amide bonds. The molecule has 0 spiro atoms. The minimum absolute atomic E-state index is 0.0850. The number of benzene rings is 2. The predicted molar refractivity (Wildman–Crippen MR) is 152 cm³/mol. The van der Waals surface area contributed by atoms with E-state index in [-0.39, 0.29) is 23.8 Å². The Morgan fingerprint density at radius 2 is 1.59 bits per heavy atom. The molecule has 208 valence electrons. The van der Waals surface area contributed by atoms with E-state index in [4.69, 9.17) is 28.3 Å². The Morgan fingerprint density at radius 1 is 0.897 bits per heavy atom. The topological polar surface area (TPSA) is 89.9 Å². The van der Waals surface area contributed by atoms with Crippen LogP contribution in [0.15, 0.2) is 36.4 Å². The Balaban J connectivity index is 1.24. The third-order valence-electron chi connectivity index (χ3n) is 8.46. The first-order valence-corrected chi connectivity index (χ1v) is 14.7. The largest absolute Gasteiger partial charge is 0.465 e. The number of piperidine rings is 1. The van der Waals surface area contributed by atoms with Crippen LogP contribution in [-0.2, 0) is 11.2 Å². The van der Waals surface area contributed by atoms with Gasteiger partial charge in [-0.3, -0.25) is 9.59 Å². The van der Waals surface area contributed by atoms with E-state index in [0.29, 0.717) is 41.2 Å². The van der Waals surface area contributed by atoms with Gasteiger partial charge in [0.15, 0.2) is 0 Å². The van der Waals surface area contributed by atoms with Crippen LogP contribution in [0.4, 0.5) is 4.79 Å². The molecule has 1 aliphatic carbocycles. The van der Waals surface area contributed by atoms with Crippen molar-refractivity contribution in [2.24, 2.45) is 5.92 Å². The quantitative estimate of drug-likeness (QED) is 0.428. The van der Waals surface area contributed by atoms with Crippen LogP contribution in [0, 0.1) is 5.92 Å². The molecule has 39 heavy (non-hydrogen) atoms. The number of carbonyl (C=O) groups is 3. The number of carboxylic acid groups (broad SMARTS) is 1. The van der Waals surface area contributed by atoms with E-state index in [1.54, 1.807) is 17.0 Å². The third-order valence-corrected chi connectivity index (χ3v) is 9.13. The lowest BCUT2D eigenvalue weighted by molar-refractivity contribution is -0.133. The normalized spacial score (nSPS) is 22.3. The van der Waals surface area contributed by atoms with Gasteiger partial charge < -0.3 is 20.2 Å². The zero-order chi connectivity index (χ0) is 27.5. The van der Waals surface area contributed by atoms with Gasteiger partial charge in [-0.05, 0) is 79.5 Å². The van der Waals surface area contributed by atoms with E-state index in [2.05, 4.69) is 10.2 Å². The highest BCUT2D eigenvalue weighted by molar-refractivity contribution is 6.36. The van der Waals surface area contributed by atoms with Crippen LogP contribution in [0.3, 0.4) is 0 Å². The Morgan fingerprint density at radius 3 is 2.26 bits per heavy atom. The monoisotopic (exact) mass is 571 g/mol. The highest BCUT2D eigenvalue weighted by Gasteiger charge is 2.36. The lowest BCUT2D eigenvalue weighted by atomic mass is 9.93. The number of hydrogen-bond acceptors (Lipinski definition) is 3. The summed E-state index contributed by atoms with van der Waals surface area (Å²) in [6.07, 6.45) is 7.68. The maximum atomic E-state index is 13.2. The van der Waals surface area contributed by atoms with Crippen LogP contribution in [-0.4, -0.2) is 64.5 Å². The number of likely N-dealkylation sites (tertiary alicyclic amines) is 2. The molecule has 2 N–H and O–H groups in total. The van der Waals surface area contributed by atoms with Crippen LogP contribution >= 0.6 is 23.2 Å². The zero-order valence-corrected chi connectivity index (χ0v) is 23.5. The minimum Gasteiger partial charge on any atom is -0.465 e. The molecule has 2 saturated heterocycles. The van der Waals surface area contributed by atoms with Crippen LogP contribution in [0.1, 0.15) is 67.3 Å². The Bertz CT molecular complexity index is 1210. The molecule has 2 aromatic rings. The molecule has 0 radical (unpaired) electrons. The summed E-state index contributed by atoms with van der Waals surface area (Å²) in [4.78, 5) is 41.0. The number of nitrogens with one attached hydrogen (secondary N) is 1. The van der Waals surface area contributed by atoms with E-state index in [1.165, 1.54) is 19.3 Å². The molecule has 3 aliphatic rings. The van der Waals surface area contributed by atoms with E-state index >= 15 is 0 Å². The summed E-state index contributed by atoms with van der Waals surface area (Å²) < 4.78 is 0. The van der Waals surface area contributed by atoms with E-state index < -0.39 is 6.09 Å². The SMILES string of the molecule is O=C(O)NC1CCCN(C(=O)c2ccc(-c3cc(Cl)c(CC4CCN(C5CCCCC5)C4=O)c(Cl)c3)cc2)C1. The fourth-order valence-electron chi connectivity index (χ4n) is 6.36. The van der Waals surface area contributed by atoms with E-state index in [9.17, 15) is 14.4 Å². The molecular formula is C30H35Cl2N3O4. The summed E-state index contributed by atoms with van der Waals surface area (Å²) in [6, 6.07) is 11.2. The number of carbonyl (C=O) groups excluding carboxylic acids is 2. The number of nitrogens with zero attached hydrogens (tertiary/aromatic N) is 2. The average Bonchev–Trinajstić information content (AvgIpc) is 3.30. The molecule has 2 aliphatic heterocycles. The first-order chi connectivity index (χ1) is 18.8. The fourth-order valence-corrected chi connectivity index (χ4v) is 7.00. The second kappa shape index (κ2) is 12.2. The molecule has 2 atom stereocenters. The van der Waals surface area contributed by atoms with Crippen LogP contribution in [0.5, 0.6) is 0 Å². The summed E-state index contributed by atoms with van der Waals surface area (Å²) in [5.41, 5.74) is 3.09. The van der Waals surface area contributed by atoms with Crippen molar-refractivity contribution < 1.29 is 19.5 Å². The van der Waals surface area contributed by atoms with Crippen molar-refractivity contribution in [3.8, 4) is 11.1 Å². The van der Waals surface area contributed by atoms with Gasteiger partial charge in [-0.15, -0.1) is 0 Å². The van der Waals surface area contributed by atoms with Crippen molar-refractivity contribution in [3.63, 3.8) is 0 Å². The lowest BCUT2D eigenvalue weighted by Crippen LogP contribution is -2.49. The van der Waals surface area contributed by atoms with E-state index in [0.717, 1.165) is 55.3 Å². The number of amides is 3. The summed E-state index contributed by atoms with van der Waals surface area (Å²) in [5.74, 6) is 0.0312. The minimum atomic E-state index is -1.07. The van der Waals surface area contributed by atoms with Crippen LogP contribution in [0.2, 0.25) is 10.0 Å². The maximum Gasteiger partial charge on any atom is 0.404 e. The van der Waals surface area contributed by atoms with Gasteiger partial charge in [-0.25, -0.2) is 4.79 Å². The zero-order valence-electron chi connectivity index (χ0n) is 22.0. The highest BCUT2D eigenvalue weighted by atomic mass is 35.5. The summed E-state index contributed by atoms with van der Waals surface area (Å²) in [7, 11) is 0. The number of hydrogen-bond donors (Lipinski definition) is 2. The maximum absolute atomic E-state index is 13.2. The molecule has 2 unspecified atom stereocenters. The van der Waals surface area contributed by atoms with Gasteiger partial charge >= 0.3 is 6.09 Å². The predicted octanol–water partition coefficient (Wildman–Crippen LogP) is 6.26. The van der Waals surface area contributed by atoms with E-state index in [1.807, 2.05) is 24.3 Å². The summed E-state index contributed by atoms with van der Waals surface area (Å²) in [6.45, 7) is 1.79. The van der Waals surface area contributed by atoms with Gasteiger partial charge in [-0.1, -0.05) is 54.6 Å². The van der Waals surface area contributed by atoms with Gasteiger partial charge in [-0.2, -0.15) is 0 Å². The summed E-state index contributed by atoms with van der Waals surface area (Å²) in [5, 5.41) is 12.6. The fraction of sp³-hybridized carbons (Fsp3) is 0.500. The smallest absolute Gasteiger partial charge is 0.404 e. The molecule has 1 saturated carbocycles. The first kappa shape index (κ1) is 27.8. The summed E-state index contributed by atoms with van der Waals surface area (Å²) >= 11 is 13.4. The number of rotatable bonds is 6. The van der Waals surface area contributed by atoms with Crippen molar-refractivity contribution in [2.45, 2.75) is 69.9 Å². The molecule has 3 fully saturated rings. The molecule has 2 heterocycles. The van der Waals surface area contributed by atoms with Gasteiger partial charge in [0.25, 0.3) is 5.91 Å². The highest BCUT2D eigenvalue weighted by Crippen LogP contribution is 2.36. The van der Waals surface area contributed by atoms with Crippen molar-refractivity contribution in [1.29, 1.82) is 0 Å². The lowest BCUT2D eigenvalue weighted by Gasteiger charge is -2.32. The van der Waals surface area contributed by atoms with Crippen molar-refractivity contribution in [1.82, 2.24) is 15.1 Å². The Kier molecular flexibility index (Phi) is 8.67. The molecular weight excluding hydrogens is 537 g/mol. The molecule has 7 nitrogen and oxygen atoms in total. The van der Waals surface area contributed by atoms with Crippen LogP contribution in [0.25, 0.3) is 11.1 Å². The second-order valence-corrected chi connectivity index (χ2v) is 11.9. The molecule has 2 aromatic carbocycles. The molecule has 0 aromatic heterocycles.